The first-order chi connectivity index (χ1) is 10.1. The zero-order valence-electron chi connectivity index (χ0n) is 11.5. The Balaban J connectivity index is 2.02. The third-order valence-corrected chi connectivity index (χ3v) is 3.78. The summed E-state index contributed by atoms with van der Waals surface area (Å²) in [4.78, 5) is 10.8. The normalized spacial score (nSPS) is 14.0. The lowest BCUT2D eigenvalue weighted by atomic mass is 9.93. The number of aliphatic hydroxyl groups excluding tert-OH is 1. The number of rotatable bonds is 4. The van der Waals surface area contributed by atoms with Gasteiger partial charge < -0.3 is 10.2 Å². The molecule has 0 heterocycles. The molecule has 1 aliphatic rings. The molecule has 0 radical (unpaired) electrons. The largest absolute Gasteiger partial charge is 0.481 e. The van der Waals surface area contributed by atoms with E-state index in [4.69, 9.17) is 5.11 Å². The summed E-state index contributed by atoms with van der Waals surface area (Å²) in [6.07, 6.45) is 3.89. The first-order valence-corrected chi connectivity index (χ1v) is 6.94. The van der Waals surface area contributed by atoms with Crippen molar-refractivity contribution in [1.82, 2.24) is 0 Å². The van der Waals surface area contributed by atoms with Gasteiger partial charge in [-0.1, -0.05) is 48.6 Å². The van der Waals surface area contributed by atoms with Gasteiger partial charge in [0.05, 0.1) is 12.5 Å². The van der Waals surface area contributed by atoms with Crippen LogP contribution in [-0.4, -0.2) is 16.2 Å². The molecule has 0 fully saturated rings. The molecule has 0 bridgehead atoms. The molecule has 3 rings (SSSR count). The van der Waals surface area contributed by atoms with E-state index < -0.39 is 12.1 Å². The third kappa shape index (κ3) is 2.73. The van der Waals surface area contributed by atoms with E-state index in [9.17, 15) is 9.90 Å². The lowest BCUT2D eigenvalue weighted by Gasteiger charge is -2.15. The molecule has 1 unspecified atom stereocenters. The molecule has 3 heteroatoms. The summed E-state index contributed by atoms with van der Waals surface area (Å²) in [6, 6.07) is 13.6. The van der Waals surface area contributed by atoms with Gasteiger partial charge in [0.1, 0.15) is 0 Å². The zero-order valence-corrected chi connectivity index (χ0v) is 11.5. The van der Waals surface area contributed by atoms with E-state index in [1.807, 2.05) is 24.3 Å². The molecule has 2 N–H and O–H groups in total. The highest BCUT2D eigenvalue weighted by atomic mass is 16.4. The fourth-order valence-electron chi connectivity index (χ4n) is 2.74. The second-order valence-corrected chi connectivity index (χ2v) is 5.22. The SMILES string of the molecule is O=C(O)CC(O)c1ccccc1-c1ccc2c(c1)C=CC2. The van der Waals surface area contributed by atoms with Gasteiger partial charge in [-0.15, -0.1) is 0 Å². The Labute approximate surface area is 123 Å². The highest BCUT2D eigenvalue weighted by molar-refractivity contribution is 5.74. The number of benzene rings is 2. The number of carboxylic acids is 1. The number of carbonyl (C=O) groups is 1. The number of aliphatic carboxylic acids is 1. The summed E-state index contributed by atoms with van der Waals surface area (Å²) in [7, 11) is 0. The van der Waals surface area contributed by atoms with Gasteiger partial charge in [0.2, 0.25) is 0 Å². The van der Waals surface area contributed by atoms with E-state index in [0.717, 1.165) is 17.5 Å². The maximum absolute atomic E-state index is 10.8. The van der Waals surface area contributed by atoms with Crippen LogP contribution in [0.25, 0.3) is 17.2 Å². The minimum absolute atomic E-state index is 0.290. The third-order valence-electron chi connectivity index (χ3n) is 3.78. The maximum atomic E-state index is 10.8. The predicted octanol–water partition coefficient (Wildman–Crippen LogP) is 3.43. The van der Waals surface area contributed by atoms with Crippen LogP contribution < -0.4 is 0 Å². The average molecular weight is 280 g/mol. The van der Waals surface area contributed by atoms with Gasteiger partial charge in [0.25, 0.3) is 0 Å². The van der Waals surface area contributed by atoms with Gasteiger partial charge in [-0.2, -0.15) is 0 Å². The van der Waals surface area contributed by atoms with Crippen LogP contribution >= 0.6 is 0 Å². The Morgan fingerprint density at radius 1 is 1.19 bits per heavy atom. The number of fused-ring (bicyclic) bond motifs is 1. The Bertz CT molecular complexity index is 716. The summed E-state index contributed by atoms with van der Waals surface area (Å²) < 4.78 is 0. The fourth-order valence-corrected chi connectivity index (χ4v) is 2.74. The molecule has 21 heavy (non-hydrogen) atoms. The molecule has 106 valence electrons. The van der Waals surface area contributed by atoms with Crippen LogP contribution in [0.5, 0.6) is 0 Å². The monoisotopic (exact) mass is 280 g/mol. The highest BCUT2D eigenvalue weighted by Crippen LogP contribution is 2.32. The van der Waals surface area contributed by atoms with Crippen molar-refractivity contribution in [2.45, 2.75) is 18.9 Å². The van der Waals surface area contributed by atoms with Crippen molar-refractivity contribution in [3.05, 3.63) is 65.2 Å². The van der Waals surface area contributed by atoms with Crippen LogP contribution in [0.2, 0.25) is 0 Å². The van der Waals surface area contributed by atoms with Crippen LogP contribution in [0.4, 0.5) is 0 Å². The second kappa shape index (κ2) is 5.54. The number of hydrogen-bond donors (Lipinski definition) is 2. The van der Waals surface area contributed by atoms with E-state index in [1.165, 1.54) is 11.1 Å². The van der Waals surface area contributed by atoms with Crippen molar-refractivity contribution in [3.63, 3.8) is 0 Å². The van der Waals surface area contributed by atoms with Crippen molar-refractivity contribution in [3.8, 4) is 11.1 Å². The van der Waals surface area contributed by atoms with Crippen LogP contribution in [0.15, 0.2) is 48.5 Å². The van der Waals surface area contributed by atoms with Crippen molar-refractivity contribution in [2.75, 3.05) is 0 Å². The fraction of sp³-hybridized carbons (Fsp3) is 0.167. The van der Waals surface area contributed by atoms with Gasteiger partial charge >= 0.3 is 5.97 Å². The minimum Gasteiger partial charge on any atom is -0.481 e. The molecule has 0 spiro atoms. The van der Waals surface area contributed by atoms with Crippen molar-refractivity contribution in [2.24, 2.45) is 0 Å². The molecule has 2 aromatic rings. The Morgan fingerprint density at radius 3 is 2.81 bits per heavy atom. The van der Waals surface area contributed by atoms with Gasteiger partial charge in [0.15, 0.2) is 0 Å². The number of allylic oxidation sites excluding steroid dienone is 1. The number of carboxylic acid groups (broad SMARTS) is 1. The maximum Gasteiger partial charge on any atom is 0.306 e. The van der Waals surface area contributed by atoms with E-state index in [1.54, 1.807) is 6.07 Å². The van der Waals surface area contributed by atoms with E-state index in [2.05, 4.69) is 24.3 Å². The van der Waals surface area contributed by atoms with Crippen molar-refractivity contribution < 1.29 is 15.0 Å². The first-order valence-electron chi connectivity index (χ1n) is 6.94. The predicted molar refractivity (Wildman–Crippen MR) is 81.8 cm³/mol. The lowest BCUT2D eigenvalue weighted by molar-refractivity contribution is -0.139. The summed E-state index contributed by atoms with van der Waals surface area (Å²) in [5.74, 6) is -1.01. The first kappa shape index (κ1) is 13.6. The van der Waals surface area contributed by atoms with E-state index in [0.29, 0.717) is 5.56 Å². The van der Waals surface area contributed by atoms with Crippen LogP contribution in [0.1, 0.15) is 29.2 Å². The smallest absolute Gasteiger partial charge is 0.306 e. The van der Waals surface area contributed by atoms with Gasteiger partial charge in [-0.25, -0.2) is 0 Å². The van der Waals surface area contributed by atoms with Crippen LogP contribution in [-0.2, 0) is 11.2 Å². The molecule has 0 saturated heterocycles. The standard InChI is InChI=1S/C18H16O3/c19-17(11-18(20)21)16-7-2-1-6-15(16)14-9-8-12-4-3-5-13(12)10-14/h1-3,5-10,17,19H,4,11H2,(H,20,21). The highest BCUT2D eigenvalue weighted by Gasteiger charge is 2.17. The molecule has 0 amide bonds. The second-order valence-electron chi connectivity index (χ2n) is 5.22. The molecule has 0 aromatic heterocycles. The minimum atomic E-state index is -1.01. The number of hydrogen-bond acceptors (Lipinski definition) is 2. The molecule has 1 atom stereocenters. The molecular weight excluding hydrogens is 264 g/mol. The quantitative estimate of drug-likeness (QED) is 0.902. The van der Waals surface area contributed by atoms with E-state index in [-0.39, 0.29) is 6.42 Å². The summed E-state index contributed by atoms with van der Waals surface area (Å²) in [5, 5.41) is 19.0. The Hall–Kier alpha value is -2.39. The number of aliphatic hydroxyl groups is 1. The molecular formula is C18H16O3. The average Bonchev–Trinajstić information content (AvgIpc) is 2.94. The zero-order chi connectivity index (χ0) is 14.8. The molecule has 0 saturated carbocycles. The van der Waals surface area contributed by atoms with Crippen LogP contribution in [0.3, 0.4) is 0 Å². The van der Waals surface area contributed by atoms with Crippen molar-refractivity contribution in [1.29, 1.82) is 0 Å². The van der Waals surface area contributed by atoms with E-state index >= 15 is 0 Å². The molecule has 0 aliphatic heterocycles. The molecule has 3 nitrogen and oxygen atoms in total. The lowest BCUT2D eigenvalue weighted by Crippen LogP contribution is -2.06. The summed E-state index contributed by atoms with van der Waals surface area (Å²) in [6.45, 7) is 0. The Kier molecular flexibility index (Phi) is 3.59. The topological polar surface area (TPSA) is 57.5 Å². The molecule has 2 aromatic carbocycles. The van der Waals surface area contributed by atoms with Crippen molar-refractivity contribution >= 4 is 12.0 Å². The van der Waals surface area contributed by atoms with Crippen LogP contribution in [0, 0.1) is 0 Å². The van der Waals surface area contributed by atoms with Gasteiger partial charge in [-0.3, -0.25) is 4.79 Å². The Morgan fingerprint density at radius 2 is 2.00 bits per heavy atom. The van der Waals surface area contributed by atoms with Gasteiger partial charge in [0, 0.05) is 0 Å². The summed E-state index contributed by atoms with van der Waals surface area (Å²) in [5.41, 5.74) is 5.02. The van der Waals surface area contributed by atoms with Gasteiger partial charge in [-0.05, 0) is 40.3 Å². The summed E-state index contributed by atoms with van der Waals surface area (Å²) >= 11 is 0. The molecule has 1 aliphatic carbocycles.